The zero-order chi connectivity index (χ0) is 31.8. The SMILES string of the molecule is CCOc1ccc(-n2c(C(CC)N(CCc3ccccc3)C(=O)Nc3ccc(OC)cc3OC)nc3ccccc3c2=O)cc1. The lowest BCUT2D eigenvalue weighted by molar-refractivity contribution is 0.182. The van der Waals surface area contributed by atoms with Crippen LogP contribution in [0.3, 0.4) is 0 Å². The number of aromatic nitrogens is 2. The summed E-state index contributed by atoms with van der Waals surface area (Å²) in [5, 5.41) is 3.53. The van der Waals surface area contributed by atoms with Gasteiger partial charge in [0, 0.05) is 12.6 Å². The van der Waals surface area contributed by atoms with Gasteiger partial charge in [-0.25, -0.2) is 9.78 Å². The molecule has 0 spiro atoms. The van der Waals surface area contributed by atoms with Crippen LogP contribution in [0.15, 0.2) is 102 Å². The van der Waals surface area contributed by atoms with Gasteiger partial charge in [-0.15, -0.1) is 0 Å². The highest BCUT2D eigenvalue weighted by Gasteiger charge is 2.30. The number of nitrogens with one attached hydrogen (secondary N) is 1. The van der Waals surface area contributed by atoms with Crippen LogP contribution < -0.4 is 25.1 Å². The zero-order valence-electron chi connectivity index (χ0n) is 26.0. The quantitative estimate of drug-likeness (QED) is 0.164. The van der Waals surface area contributed by atoms with Gasteiger partial charge in [-0.3, -0.25) is 9.36 Å². The van der Waals surface area contributed by atoms with Crippen LogP contribution in [-0.4, -0.2) is 47.9 Å². The number of benzene rings is 4. The summed E-state index contributed by atoms with van der Waals surface area (Å²) in [4.78, 5) is 35.2. The van der Waals surface area contributed by atoms with E-state index in [2.05, 4.69) is 5.32 Å². The molecule has 0 aliphatic heterocycles. The summed E-state index contributed by atoms with van der Waals surface area (Å²) in [6, 6.07) is 29.0. The maximum absolute atomic E-state index is 14.2. The van der Waals surface area contributed by atoms with E-state index in [1.807, 2.05) is 86.6 Å². The van der Waals surface area contributed by atoms with Crippen molar-refractivity contribution in [2.45, 2.75) is 32.7 Å². The number of carbonyl (C=O) groups is 1. The van der Waals surface area contributed by atoms with Gasteiger partial charge in [0.2, 0.25) is 0 Å². The standard InChI is InChI=1S/C36H38N4O5/c1-5-32(34-37-30-15-11-10-14-29(30)35(41)40(34)26-16-18-27(19-17-26)45-6-2)39(23-22-25-12-8-7-9-13-25)36(42)38-31-21-20-28(43-3)24-33(31)44-4/h7-21,24,32H,5-6,22-23H2,1-4H3,(H,38,42). The minimum atomic E-state index is -0.554. The average molecular weight is 607 g/mol. The van der Waals surface area contributed by atoms with E-state index in [1.54, 1.807) is 48.0 Å². The number of para-hydroxylation sites is 1. The minimum Gasteiger partial charge on any atom is -0.497 e. The number of urea groups is 1. The van der Waals surface area contributed by atoms with Crippen LogP contribution in [0.2, 0.25) is 0 Å². The molecule has 1 N–H and O–H groups in total. The molecule has 1 unspecified atom stereocenters. The molecule has 2 amide bonds. The fourth-order valence-electron chi connectivity index (χ4n) is 5.41. The molecule has 45 heavy (non-hydrogen) atoms. The van der Waals surface area contributed by atoms with Crippen molar-refractivity contribution in [3.05, 3.63) is 119 Å². The Labute approximate surface area is 263 Å². The Balaban J connectivity index is 1.62. The predicted molar refractivity (Wildman–Crippen MR) is 177 cm³/mol. The van der Waals surface area contributed by atoms with Crippen molar-refractivity contribution < 1.29 is 19.0 Å². The van der Waals surface area contributed by atoms with Crippen molar-refractivity contribution in [2.24, 2.45) is 0 Å². The fourth-order valence-corrected chi connectivity index (χ4v) is 5.41. The van der Waals surface area contributed by atoms with E-state index in [9.17, 15) is 9.59 Å². The average Bonchev–Trinajstić information content (AvgIpc) is 3.08. The topological polar surface area (TPSA) is 94.9 Å². The normalized spacial score (nSPS) is 11.6. The number of nitrogens with zero attached hydrogens (tertiary/aromatic N) is 3. The van der Waals surface area contributed by atoms with E-state index in [0.717, 1.165) is 5.56 Å². The summed E-state index contributed by atoms with van der Waals surface area (Å²) in [5.41, 5.74) is 2.58. The molecule has 5 aromatic rings. The van der Waals surface area contributed by atoms with Gasteiger partial charge in [-0.1, -0.05) is 49.4 Å². The van der Waals surface area contributed by atoms with E-state index in [0.29, 0.717) is 71.3 Å². The molecule has 1 heterocycles. The molecule has 4 aromatic carbocycles. The molecule has 0 radical (unpaired) electrons. The summed E-state index contributed by atoms with van der Waals surface area (Å²) < 4.78 is 18.2. The van der Waals surface area contributed by atoms with Gasteiger partial charge in [-0.2, -0.15) is 0 Å². The number of ether oxygens (including phenoxy) is 3. The van der Waals surface area contributed by atoms with Crippen LogP contribution in [0.4, 0.5) is 10.5 Å². The number of amides is 2. The van der Waals surface area contributed by atoms with Gasteiger partial charge in [0.25, 0.3) is 5.56 Å². The van der Waals surface area contributed by atoms with Crippen molar-refractivity contribution in [3.8, 4) is 22.9 Å². The molecule has 1 atom stereocenters. The summed E-state index contributed by atoms with van der Waals surface area (Å²) in [7, 11) is 3.12. The minimum absolute atomic E-state index is 0.210. The molecular weight excluding hydrogens is 568 g/mol. The summed E-state index contributed by atoms with van der Waals surface area (Å²) in [5.74, 6) is 2.25. The number of methoxy groups -OCH3 is 2. The van der Waals surface area contributed by atoms with Gasteiger partial charge in [0.15, 0.2) is 0 Å². The van der Waals surface area contributed by atoms with Gasteiger partial charge in [-0.05, 0) is 73.9 Å². The first-order valence-corrected chi connectivity index (χ1v) is 15.1. The van der Waals surface area contributed by atoms with Crippen molar-refractivity contribution in [1.82, 2.24) is 14.5 Å². The third-order valence-electron chi connectivity index (χ3n) is 7.66. The smallest absolute Gasteiger partial charge is 0.322 e. The Morgan fingerprint density at radius 1 is 0.889 bits per heavy atom. The molecule has 9 heteroatoms. The van der Waals surface area contributed by atoms with E-state index in [-0.39, 0.29) is 11.6 Å². The molecule has 232 valence electrons. The number of hydrogen-bond acceptors (Lipinski definition) is 6. The highest BCUT2D eigenvalue weighted by atomic mass is 16.5. The van der Waals surface area contributed by atoms with Gasteiger partial charge < -0.3 is 24.4 Å². The van der Waals surface area contributed by atoms with Crippen LogP contribution in [0.1, 0.15) is 37.7 Å². The number of anilines is 1. The third-order valence-corrected chi connectivity index (χ3v) is 7.66. The van der Waals surface area contributed by atoms with Crippen molar-refractivity contribution in [1.29, 1.82) is 0 Å². The van der Waals surface area contributed by atoms with Crippen molar-refractivity contribution in [2.75, 3.05) is 32.7 Å². The number of hydrogen-bond donors (Lipinski definition) is 1. The van der Waals surface area contributed by atoms with Crippen LogP contribution >= 0.6 is 0 Å². The first-order valence-electron chi connectivity index (χ1n) is 15.1. The second-order valence-electron chi connectivity index (χ2n) is 10.4. The van der Waals surface area contributed by atoms with Gasteiger partial charge in [0.05, 0.1) is 49.1 Å². The van der Waals surface area contributed by atoms with Crippen LogP contribution in [0.5, 0.6) is 17.2 Å². The van der Waals surface area contributed by atoms with Gasteiger partial charge >= 0.3 is 6.03 Å². The third kappa shape index (κ3) is 6.93. The van der Waals surface area contributed by atoms with Crippen molar-refractivity contribution >= 4 is 22.6 Å². The lowest BCUT2D eigenvalue weighted by Gasteiger charge is -2.32. The monoisotopic (exact) mass is 606 g/mol. The molecule has 0 aliphatic carbocycles. The first-order chi connectivity index (χ1) is 22.0. The second kappa shape index (κ2) is 14.4. The lowest BCUT2D eigenvalue weighted by Crippen LogP contribution is -2.42. The molecule has 0 bridgehead atoms. The van der Waals surface area contributed by atoms with E-state index in [1.165, 1.54) is 0 Å². The Morgan fingerprint density at radius 3 is 2.29 bits per heavy atom. The Morgan fingerprint density at radius 2 is 1.60 bits per heavy atom. The molecular formula is C36H38N4O5. The molecule has 0 saturated heterocycles. The molecule has 0 aliphatic rings. The molecule has 5 rings (SSSR count). The van der Waals surface area contributed by atoms with Crippen LogP contribution in [0.25, 0.3) is 16.6 Å². The maximum Gasteiger partial charge on any atom is 0.322 e. The number of carbonyl (C=O) groups excluding carboxylic acids is 1. The summed E-state index contributed by atoms with van der Waals surface area (Å²) >= 11 is 0. The summed E-state index contributed by atoms with van der Waals surface area (Å²) in [6.45, 7) is 4.82. The lowest BCUT2D eigenvalue weighted by atomic mass is 10.1. The fraction of sp³-hybridized carbons (Fsp3) is 0.250. The van der Waals surface area contributed by atoms with Gasteiger partial charge in [0.1, 0.15) is 23.1 Å². The highest BCUT2D eigenvalue weighted by molar-refractivity contribution is 5.91. The van der Waals surface area contributed by atoms with E-state index in [4.69, 9.17) is 19.2 Å². The molecule has 0 saturated carbocycles. The highest BCUT2D eigenvalue weighted by Crippen LogP contribution is 2.32. The molecule has 1 aromatic heterocycles. The van der Waals surface area contributed by atoms with Crippen molar-refractivity contribution in [3.63, 3.8) is 0 Å². The number of rotatable bonds is 12. The largest absolute Gasteiger partial charge is 0.497 e. The second-order valence-corrected chi connectivity index (χ2v) is 10.4. The predicted octanol–water partition coefficient (Wildman–Crippen LogP) is 7.03. The maximum atomic E-state index is 14.2. The first kappa shape index (κ1) is 31.1. The number of fused-ring (bicyclic) bond motifs is 1. The van der Waals surface area contributed by atoms with E-state index < -0.39 is 6.04 Å². The summed E-state index contributed by atoms with van der Waals surface area (Å²) in [6.07, 6.45) is 1.11. The van der Waals surface area contributed by atoms with E-state index >= 15 is 0 Å². The zero-order valence-corrected chi connectivity index (χ0v) is 26.0. The molecule has 0 fully saturated rings. The molecule has 9 nitrogen and oxygen atoms in total. The Kier molecular flexibility index (Phi) is 9.99. The Hall–Kier alpha value is -5.31. The van der Waals surface area contributed by atoms with Crippen LogP contribution in [0, 0.1) is 0 Å². The Bertz CT molecular complexity index is 1810. The van der Waals surface area contributed by atoms with Crippen LogP contribution in [-0.2, 0) is 6.42 Å².